The first-order chi connectivity index (χ1) is 10.5. The minimum atomic E-state index is 0.204. The average molecular weight is 300 g/mol. The van der Waals surface area contributed by atoms with Crippen LogP contribution in [0, 0.1) is 11.3 Å². The zero-order chi connectivity index (χ0) is 16.1. The molecule has 5 heteroatoms. The maximum atomic E-state index is 12.2. The predicted molar refractivity (Wildman–Crippen MR) is 86.2 cm³/mol. The lowest BCUT2D eigenvalue weighted by atomic mass is 10.1. The van der Waals surface area contributed by atoms with Gasteiger partial charge in [-0.2, -0.15) is 5.26 Å². The van der Waals surface area contributed by atoms with Gasteiger partial charge in [-0.05, 0) is 38.7 Å². The third-order valence-electron chi connectivity index (χ3n) is 3.97. The van der Waals surface area contributed by atoms with Crippen LogP contribution < -0.4 is 0 Å². The molecule has 1 amide bonds. The summed E-state index contributed by atoms with van der Waals surface area (Å²) in [5.74, 6) is 0.204. The molecular formula is C17H24N4O. The van der Waals surface area contributed by atoms with Crippen molar-refractivity contribution in [3.05, 3.63) is 35.4 Å². The van der Waals surface area contributed by atoms with Gasteiger partial charge in [0.15, 0.2) is 0 Å². The van der Waals surface area contributed by atoms with Crippen LogP contribution in [0.3, 0.4) is 0 Å². The van der Waals surface area contributed by atoms with Gasteiger partial charge in [0.25, 0.3) is 0 Å². The van der Waals surface area contributed by atoms with E-state index in [2.05, 4.69) is 17.9 Å². The Morgan fingerprint density at radius 2 is 2.00 bits per heavy atom. The molecule has 0 radical (unpaired) electrons. The van der Waals surface area contributed by atoms with E-state index in [4.69, 9.17) is 5.26 Å². The second-order valence-electron chi connectivity index (χ2n) is 6.22. The van der Waals surface area contributed by atoms with Crippen LogP contribution in [0.1, 0.15) is 18.1 Å². The fourth-order valence-corrected chi connectivity index (χ4v) is 2.85. The Morgan fingerprint density at radius 1 is 1.32 bits per heavy atom. The summed E-state index contributed by atoms with van der Waals surface area (Å²) in [5, 5.41) is 8.83. The number of piperazine rings is 1. The summed E-state index contributed by atoms with van der Waals surface area (Å²) in [5.41, 5.74) is 1.90. The van der Waals surface area contributed by atoms with E-state index < -0.39 is 0 Å². The number of rotatable bonds is 4. The maximum Gasteiger partial charge on any atom is 0.237 e. The van der Waals surface area contributed by atoms with Crippen LogP contribution in [0.5, 0.6) is 0 Å². The van der Waals surface area contributed by atoms with Gasteiger partial charge >= 0.3 is 0 Å². The second kappa shape index (κ2) is 7.39. The molecule has 1 fully saturated rings. The molecule has 1 heterocycles. The Bertz CT molecular complexity index is 547. The first kappa shape index (κ1) is 16.5. The molecule has 22 heavy (non-hydrogen) atoms. The zero-order valence-corrected chi connectivity index (χ0v) is 13.6. The van der Waals surface area contributed by atoms with Crippen molar-refractivity contribution in [3.8, 4) is 6.07 Å². The highest BCUT2D eigenvalue weighted by Gasteiger charge is 2.27. The molecule has 1 atom stereocenters. The number of hydrogen-bond acceptors (Lipinski definition) is 4. The van der Waals surface area contributed by atoms with Crippen LogP contribution in [0.4, 0.5) is 0 Å². The maximum absolute atomic E-state index is 12.2. The highest BCUT2D eigenvalue weighted by Crippen LogP contribution is 2.14. The molecule has 1 aromatic carbocycles. The van der Waals surface area contributed by atoms with Crippen molar-refractivity contribution < 1.29 is 4.79 Å². The molecule has 0 bridgehead atoms. The number of likely N-dealkylation sites (N-methyl/N-ethyl adjacent to an activating group) is 1. The van der Waals surface area contributed by atoms with E-state index >= 15 is 0 Å². The Hall–Kier alpha value is -1.90. The smallest absolute Gasteiger partial charge is 0.237 e. The lowest BCUT2D eigenvalue weighted by Gasteiger charge is -2.40. The van der Waals surface area contributed by atoms with Crippen LogP contribution in [0.15, 0.2) is 24.3 Å². The van der Waals surface area contributed by atoms with E-state index in [0.29, 0.717) is 12.1 Å². The molecule has 118 valence electrons. The van der Waals surface area contributed by atoms with Crippen molar-refractivity contribution >= 4 is 5.91 Å². The first-order valence-electron chi connectivity index (χ1n) is 7.65. The summed E-state index contributed by atoms with van der Waals surface area (Å²) in [4.78, 5) is 18.5. The van der Waals surface area contributed by atoms with Gasteiger partial charge in [0.1, 0.15) is 0 Å². The molecule has 0 saturated carbocycles. The van der Waals surface area contributed by atoms with Gasteiger partial charge in [-0.15, -0.1) is 0 Å². The van der Waals surface area contributed by atoms with Crippen molar-refractivity contribution in [1.29, 1.82) is 5.26 Å². The van der Waals surface area contributed by atoms with Crippen molar-refractivity contribution in [2.45, 2.75) is 19.5 Å². The molecule has 1 aromatic rings. The molecule has 1 aliphatic rings. The van der Waals surface area contributed by atoms with E-state index in [9.17, 15) is 4.79 Å². The number of amides is 1. The Morgan fingerprint density at radius 3 is 2.55 bits per heavy atom. The first-order valence-corrected chi connectivity index (χ1v) is 7.65. The van der Waals surface area contributed by atoms with Crippen LogP contribution in [0.25, 0.3) is 0 Å². The number of hydrogen-bond donors (Lipinski definition) is 0. The van der Waals surface area contributed by atoms with Crippen LogP contribution >= 0.6 is 0 Å². The standard InChI is InChI=1S/C17H24N4O/c1-14-11-20(8-9-21(14)17(22)13-19(2)3)12-16-6-4-15(10-18)5-7-16/h4-7,14H,8-9,11-13H2,1-3H3/t14-/m1/s1. The summed E-state index contributed by atoms with van der Waals surface area (Å²) in [6, 6.07) is 10.1. The van der Waals surface area contributed by atoms with Crippen LogP contribution in [0.2, 0.25) is 0 Å². The second-order valence-corrected chi connectivity index (χ2v) is 6.22. The van der Waals surface area contributed by atoms with E-state index in [1.165, 1.54) is 5.56 Å². The zero-order valence-electron chi connectivity index (χ0n) is 13.6. The molecule has 0 unspecified atom stereocenters. The van der Waals surface area contributed by atoms with E-state index in [1.54, 1.807) is 0 Å². The van der Waals surface area contributed by atoms with Gasteiger partial charge in [0, 0.05) is 32.2 Å². The third kappa shape index (κ3) is 4.30. The lowest BCUT2D eigenvalue weighted by Crippen LogP contribution is -2.55. The minimum Gasteiger partial charge on any atom is -0.336 e. The molecular weight excluding hydrogens is 276 g/mol. The molecule has 0 spiro atoms. The van der Waals surface area contributed by atoms with Crippen LogP contribution in [-0.4, -0.2) is 66.9 Å². The van der Waals surface area contributed by atoms with Gasteiger partial charge in [-0.1, -0.05) is 12.1 Å². The van der Waals surface area contributed by atoms with Gasteiger partial charge in [0.2, 0.25) is 5.91 Å². The fourth-order valence-electron chi connectivity index (χ4n) is 2.85. The summed E-state index contributed by atoms with van der Waals surface area (Å²) in [7, 11) is 3.84. The van der Waals surface area contributed by atoms with Gasteiger partial charge < -0.3 is 9.80 Å². The average Bonchev–Trinajstić information content (AvgIpc) is 2.47. The number of benzene rings is 1. The molecule has 1 saturated heterocycles. The highest BCUT2D eigenvalue weighted by atomic mass is 16.2. The number of carbonyl (C=O) groups excluding carboxylic acids is 1. The SMILES string of the molecule is C[C@@H]1CN(Cc2ccc(C#N)cc2)CCN1C(=O)CN(C)C. The highest BCUT2D eigenvalue weighted by molar-refractivity contribution is 5.78. The molecule has 5 nitrogen and oxygen atoms in total. The fraction of sp³-hybridized carbons (Fsp3) is 0.529. The van der Waals surface area contributed by atoms with E-state index in [0.717, 1.165) is 26.2 Å². The van der Waals surface area contributed by atoms with E-state index in [1.807, 2.05) is 48.2 Å². The number of nitrogens with zero attached hydrogens (tertiary/aromatic N) is 4. The Labute approximate surface area is 132 Å². The summed E-state index contributed by atoms with van der Waals surface area (Å²) >= 11 is 0. The normalized spacial score (nSPS) is 19.2. The van der Waals surface area contributed by atoms with Gasteiger partial charge in [-0.3, -0.25) is 9.69 Å². The number of carbonyl (C=O) groups is 1. The topological polar surface area (TPSA) is 50.6 Å². The van der Waals surface area contributed by atoms with Crippen molar-refractivity contribution in [2.24, 2.45) is 0 Å². The van der Waals surface area contributed by atoms with Crippen molar-refractivity contribution in [1.82, 2.24) is 14.7 Å². The Kier molecular flexibility index (Phi) is 5.53. The van der Waals surface area contributed by atoms with Crippen molar-refractivity contribution in [2.75, 3.05) is 40.3 Å². The summed E-state index contributed by atoms with van der Waals surface area (Å²) in [6.07, 6.45) is 0. The molecule has 1 aliphatic heterocycles. The van der Waals surface area contributed by atoms with Crippen LogP contribution in [-0.2, 0) is 11.3 Å². The van der Waals surface area contributed by atoms with Gasteiger partial charge in [0.05, 0.1) is 18.2 Å². The lowest BCUT2D eigenvalue weighted by molar-refractivity contribution is -0.136. The molecule has 2 rings (SSSR count). The van der Waals surface area contributed by atoms with E-state index in [-0.39, 0.29) is 11.9 Å². The monoisotopic (exact) mass is 300 g/mol. The quantitative estimate of drug-likeness (QED) is 0.837. The summed E-state index contributed by atoms with van der Waals surface area (Å²) in [6.45, 7) is 6.01. The van der Waals surface area contributed by atoms with Gasteiger partial charge in [-0.25, -0.2) is 0 Å². The largest absolute Gasteiger partial charge is 0.336 e. The molecule has 0 aliphatic carbocycles. The third-order valence-corrected chi connectivity index (χ3v) is 3.97. The number of nitriles is 1. The Balaban J connectivity index is 1.89. The predicted octanol–water partition coefficient (Wildman–Crippen LogP) is 1.15. The van der Waals surface area contributed by atoms with Crippen molar-refractivity contribution in [3.63, 3.8) is 0 Å². The summed E-state index contributed by atoms with van der Waals surface area (Å²) < 4.78 is 0. The molecule has 0 aromatic heterocycles. The molecule has 0 N–H and O–H groups in total. The minimum absolute atomic E-state index is 0.204.